The van der Waals surface area contributed by atoms with Gasteiger partial charge in [-0.1, -0.05) is 41.9 Å². The van der Waals surface area contributed by atoms with E-state index in [1.165, 1.54) is 20.7 Å². The second-order valence-electron chi connectivity index (χ2n) is 5.75. The smallest absolute Gasteiger partial charge is 0.207 e. The van der Waals surface area contributed by atoms with E-state index in [1.54, 1.807) is 18.2 Å². The number of nitrogens with zero attached hydrogens (tertiary/aromatic N) is 2. The van der Waals surface area contributed by atoms with Gasteiger partial charge in [0.05, 0.1) is 0 Å². The molecular weight excluding hydrogens is 351 g/mol. The maximum atomic E-state index is 13.3. The molecule has 1 aliphatic heterocycles. The quantitative estimate of drug-likeness (QED) is 0.829. The van der Waals surface area contributed by atoms with Crippen molar-refractivity contribution in [3.63, 3.8) is 0 Å². The van der Waals surface area contributed by atoms with E-state index in [-0.39, 0.29) is 18.9 Å². The number of benzene rings is 2. The molecule has 1 heterocycles. The summed E-state index contributed by atoms with van der Waals surface area (Å²) < 4.78 is 41.8. The zero-order valence-electron chi connectivity index (χ0n) is 13.0. The number of rotatable bonds is 4. The largest absolute Gasteiger partial charge is 0.282 e. The zero-order chi connectivity index (χ0) is 17.2. The van der Waals surface area contributed by atoms with Crippen LogP contribution in [0.3, 0.4) is 0 Å². The molecular formula is C17H18ClFN2O2S. The first-order chi connectivity index (χ1) is 11.5. The van der Waals surface area contributed by atoms with E-state index in [2.05, 4.69) is 0 Å². The lowest BCUT2D eigenvalue weighted by Gasteiger charge is -2.34. The van der Waals surface area contributed by atoms with Crippen molar-refractivity contribution in [2.75, 3.05) is 13.1 Å². The summed E-state index contributed by atoms with van der Waals surface area (Å²) in [5.41, 5.74) is 1.41. The Labute approximate surface area is 146 Å². The summed E-state index contributed by atoms with van der Waals surface area (Å²) in [5, 5.41) is 0.551. The Morgan fingerprint density at radius 2 is 1.71 bits per heavy atom. The summed E-state index contributed by atoms with van der Waals surface area (Å²) in [4.78, 5) is 0. The highest BCUT2D eigenvalue weighted by atomic mass is 35.5. The standard InChI is InChI=1S/C17H18ClFN2O2S/c18-17-8-2-1-6-15(17)13-21-10-4-9-20(24(21,22)23)12-14-5-3-7-16(19)11-14/h1-3,5-8,11H,4,9-10,12-13H2. The van der Waals surface area contributed by atoms with Crippen molar-refractivity contribution in [3.05, 3.63) is 70.5 Å². The van der Waals surface area contributed by atoms with Crippen molar-refractivity contribution in [3.8, 4) is 0 Å². The zero-order valence-corrected chi connectivity index (χ0v) is 14.6. The van der Waals surface area contributed by atoms with Crippen molar-refractivity contribution in [1.82, 2.24) is 8.61 Å². The molecule has 0 radical (unpaired) electrons. The Hall–Kier alpha value is -1.47. The fourth-order valence-electron chi connectivity index (χ4n) is 2.79. The van der Waals surface area contributed by atoms with Gasteiger partial charge in [0, 0.05) is 31.2 Å². The van der Waals surface area contributed by atoms with E-state index in [0.717, 1.165) is 12.0 Å². The summed E-state index contributed by atoms with van der Waals surface area (Å²) in [6.45, 7) is 1.28. The van der Waals surface area contributed by atoms with E-state index < -0.39 is 10.2 Å². The van der Waals surface area contributed by atoms with E-state index >= 15 is 0 Å². The Morgan fingerprint density at radius 1 is 1.00 bits per heavy atom. The average molecular weight is 369 g/mol. The maximum Gasteiger partial charge on any atom is 0.282 e. The van der Waals surface area contributed by atoms with Crippen LogP contribution in [0, 0.1) is 5.82 Å². The molecule has 2 aromatic carbocycles. The molecule has 2 aromatic rings. The van der Waals surface area contributed by atoms with E-state index in [0.29, 0.717) is 23.7 Å². The van der Waals surface area contributed by atoms with Crippen LogP contribution >= 0.6 is 11.6 Å². The molecule has 0 atom stereocenters. The molecule has 3 rings (SSSR count). The molecule has 0 bridgehead atoms. The first-order valence-electron chi connectivity index (χ1n) is 7.70. The lowest BCUT2D eigenvalue weighted by molar-refractivity contribution is 0.276. The van der Waals surface area contributed by atoms with Crippen molar-refractivity contribution in [2.45, 2.75) is 19.5 Å². The molecule has 4 nitrogen and oxygen atoms in total. The molecule has 128 valence electrons. The van der Waals surface area contributed by atoms with Gasteiger partial charge in [-0.15, -0.1) is 0 Å². The SMILES string of the molecule is O=S1(=O)N(Cc2cccc(F)c2)CCCN1Cc1ccccc1Cl. The summed E-state index contributed by atoms with van der Waals surface area (Å²) >= 11 is 6.14. The summed E-state index contributed by atoms with van der Waals surface area (Å²) in [7, 11) is -3.60. The normalized spacial score (nSPS) is 18.6. The summed E-state index contributed by atoms with van der Waals surface area (Å²) in [5.74, 6) is -0.366. The third-order valence-corrected chi connectivity index (χ3v) is 6.32. The molecule has 1 aliphatic rings. The predicted octanol–water partition coefficient (Wildman–Crippen LogP) is 3.43. The van der Waals surface area contributed by atoms with Crippen LogP contribution in [0.4, 0.5) is 4.39 Å². The van der Waals surface area contributed by atoms with Crippen LogP contribution in [0.5, 0.6) is 0 Å². The average Bonchev–Trinajstić information content (AvgIpc) is 2.53. The van der Waals surface area contributed by atoms with Crippen molar-refractivity contribution < 1.29 is 12.8 Å². The number of hydrogen-bond acceptors (Lipinski definition) is 2. The van der Waals surface area contributed by atoms with Gasteiger partial charge < -0.3 is 0 Å². The molecule has 1 saturated heterocycles. The highest BCUT2D eigenvalue weighted by Crippen LogP contribution is 2.24. The second-order valence-corrected chi connectivity index (χ2v) is 8.09. The Balaban J connectivity index is 1.79. The highest BCUT2D eigenvalue weighted by molar-refractivity contribution is 7.86. The lowest BCUT2D eigenvalue weighted by atomic mass is 10.2. The van der Waals surface area contributed by atoms with E-state index in [1.807, 2.05) is 18.2 Å². The number of halogens is 2. The third kappa shape index (κ3) is 3.78. The predicted molar refractivity (Wildman–Crippen MR) is 92.2 cm³/mol. The lowest BCUT2D eigenvalue weighted by Crippen LogP contribution is -2.48. The first-order valence-corrected chi connectivity index (χ1v) is 9.47. The van der Waals surface area contributed by atoms with Crippen molar-refractivity contribution in [2.24, 2.45) is 0 Å². The molecule has 24 heavy (non-hydrogen) atoms. The van der Waals surface area contributed by atoms with Crippen LogP contribution in [0.15, 0.2) is 48.5 Å². The fraction of sp³-hybridized carbons (Fsp3) is 0.294. The van der Waals surface area contributed by atoms with Gasteiger partial charge in [0.15, 0.2) is 0 Å². The Bertz CT molecular complexity index is 829. The van der Waals surface area contributed by atoms with E-state index in [9.17, 15) is 12.8 Å². The van der Waals surface area contributed by atoms with E-state index in [4.69, 9.17) is 11.6 Å². The van der Waals surface area contributed by atoms with Crippen LogP contribution in [0.25, 0.3) is 0 Å². The highest BCUT2D eigenvalue weighted by Gasteiger charge is 2.33. The van der Waals surface area contributed by atoms with Gasteiger partial charge in [0.2, 0.25) is 0 Å². The summed E-state index contributed by atoms with van der Waals surface area (Å²) in [6, 6.07) is 13.2. The second kappa shape index (κ2) is 7.19. The van der Waals surface area contributed by atoms with Crippen LogP contribution in [-0.4, -0.2) is 30.1 Å². The van der Waals surface area contributed by atoms with Crippen molar-refractivity contribution in [1.29, 1.82) is 0 Å². The minimum absolute atomic E-state index is 0.166. The molecule has 0 aliphatic carbocycles. The summed E-state index contributed by atoms with van der Waals surface area (Å²) in [6.07, 6.45) is 0.721. The maximum absolute atomic E-state index is 13.3. The molecule has 7 heteroatoms. The molecule has 0 unspecified atom stereocenters. The van der Waals surface area contributed by atoms with Gasteiger partial charge in [-0.05, 0) is 35.7 Å². The van der Waals surface area contributed by atoms with Crippen molar-refractivity contribution >= 4 is 21.8 Å². The van der Waals surface area contributed by atoms with Gasteiger partial charge in [-0.3, -0.25) is 0 Å². The first kappa shape index (κ1) is 17.4. The van der Waals surface area contributed by atoms with Crippen LogP contribution in [0.1, 0.15) is 17.5 Å². The van der Waals surface area contributed by atoms with Gasteiger partial charge >= 0.3 is 0 Å². The topological polar surface area (TPSA) is 40.6 Å². The minimum Gasteiger partial charge on any atom is -0.207 e. The van der Waals surface area contributed by atoms with Gasteiger partial charge in [-0.2, -0.15) is 17.0 Å². The Kier molecular flexibility index (Phi) is 5.20. The fourth-order valence-corrected chi connectivity index (χ4v) is 4.65. The third-order valence-electron chi connectivity index (χ3n) is 4.02. The Morgan fingerprint density at radius 3 is 2.42 bits per heavy atom. The molecule has 0 N–H and O–H groups in total. The molecule has 0 aromatic heterocycles. The molecule has 1 fully saturated rings. The molecule has 0 saturated carbocycles. The van der Waals surface area contributed by atoms with Crippen LogP contribution < -0.4 is 0 Å². The van der Waals surface area contributed by atoms with Gasteiger partial charge in [0.1, 0.15) is 5.82 Å². The van der Waals surface area contributed by atoms with Crippen LogP contribution in [0.2, 0.25) is 5.02 Å². The van der Waals surface area contributed by atoms with Crippen LogP contribution in [-0.2, 0) is 23.3 Å². The minimum atomic E-state index is -3.60. The molecule has 0 amide bonds. The number of hydrogen-bond donors (Lipinski definition) is 0. The van der Waals surface area contributed by atoms with Gasteiger partial charge in [-0.25, -0.2) is 4.39 Å². The molecule has 0 spiro atoms. The van der Waals surface area contributed by atoms with Gasteiger partial charge in [0.25, 0.3) is 10.2 Å². The monoisotopic (exact) mass is 368 g/mol.